The smallest absolute Gasteiger partial charge is 0.278 e. The van der Waals surface area contributed by atoms with Crippen molar-refractivity contribution in [1.29, 1.82) is 0 Å². The molecule has 1 atom stereocenters. The van der Waals surface area contributed by atoms with Crippen molar-refractivity contribution >= 4 is 34.8 Å². The molecule has 1 aliphatic heterocycles. The van der Waals surface area contributed by atoms with Crippen LogP contribution in [0.4, 0.5) is 11.4 Å². The summed E-state index contributed by atoms with van der Waals surface area (Å²) in [6, 6.07) is 13.7. The second kappa shape index (κ2) is 5.35. The average Bonchev–Trinajstić information content (AvgIpc) is 2.50. The maximum atomic E-state index is 12.5. The fourth-order valence-corrected chi connectivity index (χ4v) is 2.29. The van der Waals surface area contributed by atoms with Crippen LogP contribution in [0.2, 0.25) is 5.02 Å². The molecule has 0 saturated carbocycles. The van der Waals surface area contributed by atoms with Gasteiger partial charge in [0.2, 0.25) is 0 Å². The van der Waals surface area contributed by atoms with E-state index in [0.29, 0.717) is 22.1 Å². The Morgan fingerprint density at radius 2 is 1.95 bits per heavy atom. The highest BCUT2D eigenvalue weighted by atomic mass is 35.5. The number of ether oxygens (including phenoxy) is 1. The third-order valence-corrected chi connectivity index (χ3v) is 3.64. The summed E-state index contributed by atoms with van der Waals surface area (Å²) in [5, 5.41) is 5.79. The Morgan fingerprint density at radius 1 is 1.23 bits per heavy atom. The molecule has 0 bridgehead atoms. The number of rotatable bonds is 2. The molecule has 22 heavy (non-hydrogen) atoms. The van der Waals surface area contributed by atoms with Crippen molar-refractivity contribution in [3.8, 4) is 5.75 Å². The lowest BCUT2D eigenvalue weighted by atomic mass is 10.0. The van der Waals surface area contributed by atoms with E-state index in [0.717, 1.165) is 0 Å². The van der Waals surface area contributed by atoms with Crippen LogP contribution >= 0.6 is 11.6 Å². The topological polar surface area (TPSA) is 67.4 Å². The van der Waals surface area contributed by atoms with Crippen LogP contribution < -0.4 is 15.4 Å². The molecule has 3 rings (SSSR count). The molecule has 2 N–H and O–H groups in total. The summed E-state index contributed by atoms with van der Waals surface area (Å²) in [6.45, 7) is 1.43. The van der Waals surface area contributed by atoms with Crippen LogP contribution in [0.3, 0.4) is 0 Å². The molecule has 2 aromatic rings. The van der Waals surface area contributed by atoms with Crippen LogP contribution in [0.25, 0.3) is 0 Å². The van der Waals surface area contributed by atoms with Crippen LogP contribution in [0, 0.1) is 0 Å². The molecule has 0 radical (unpaired) electrons. The van der Waals surface area contributed by atoms with Gasteiger partial charge in [-0.2, -0.15) is 0 Å². The van der Waals surface area contributed by atoms with E-state index < -0.39 is 17.4 Å². The zero-order valence-electron chi connectivity index (χ0n) is 11.7. The molecule has 6 heteroatoms. The minimum Gasteiger partial charge on any atom is -0.466 e. The normalized spacial score (nSPS) is 19.6. The van der Waals surface area contributed by atoms with Gasteiger partial charge in [-0.05, 0) is 37.3 Å². The second-order valence-electron chi connectivity index (χ2n) is 5.05. The minimum absolute atomic E-state index is 0.398. The predicted molar refractivity (Wildman–Crippen MR) is 84.2 cm³/mol. The third-order valence-electron chi connectivity index (χ3n) is 3.40. The summed E-state index contributed by atoms with van der Waals surface area (Å²) in [5.41, 5.74) is -0.619. The number of amides is 2. The maximum Gasteiger partial charge on any atom is 0.278 e. The van der Waals surface area contributed by atoms with Crippen molar-refractivity contribution in [3.63, 3.8) is 0 Å². The van der Waals surface area contributed by atoms with Crippen LogP contribution in [0.1, 0.15) is 6.92 Å². The summed E-state index contributed by atoms with van der Waals surface area (Å²) in [5.74, 6) is -0.692. The molecular formula is C16H13ClN2O3. The van der Waals surface area contributed by atoms with Gasteiger partial charge in [0, 0.05) is 10.7 Å². The lowest BCUT2D eigenvalue weighted by Gasteiger charge is -2.33. The lowest BCUT2D eigenvalue weighted by Crippen LogP contribution is -2.56. The molecule has 0 spiro atoms. The number of benzene rings is 2. The number of hydrogen-bond acceptors (Lipinski definition) is 3. The first-order valence-electron chi connectivity index (χ1n) is 6.65. The summed E-state index contributed by atoms with van der Waals surface area (Å²) < 4.78 is 5.64. The number of para-hydroxylation sites is 1. The Labute approximate surface area is 132 Å². The van der Waals surface area contributed by atoms with Crippen molar-refractivity contribution in [1.82, 2.24) is 0 Å². The number of hydrogen-bond donors (Lipinski definition) is 2. The quantitative estimate of drug-likeness (QED) is 0.837. The molecule has 5 nitrogen and oxygen atoms in total. The molecule has 2 aromatic carbocycles. The Bertz CT molecular complexity index is 748. The van der Waals surface area contributed by atoms with E-state index in [-0.39, 0.29) is 0 Å². The molecule has 2 amide bonds. The first-order chi connectivity index (χ1) is 10.5. The number of carbonyl (C=O) groups is 2. The monoisotopic (exact) mass is 316 g/mol. The van der Waals surface area contributed by atoms with Crippen molar-refractivity contribution < 1.29 is 14.3 Å². The van der Waals surface area contributed by atoms with Gasteiger partial charge < -0.3 is 15.4 Å². The van der Waals surface area contributed by atoms with E-state index in [1.807, 2.05) is 6.07 Å². The number of anilines is 2. The first-order valence-corrected chi connectivity index (χ1v) is 7.03. The van der Waals surface area contributed by atoms with E-state index >= 15 is 0 Å². The molecule has 0 saturated heterocycles. The van der Waals surface area contributed by atoms with Gasteiger partial charge in [-0.25, -0.2) is 0 Å². The standard InChI is InChI=1S/C16H13ClN2O3/c1-16(14(20)18-11-5-3-2-4-6-11)15(21)19-12-9-10(17)7-8-13(12)22-16/h2-9H,1H3,(H,18,20)(H,19,21). The number of fused-ring (bicyclic) bond motifs is 1. The Hall–Kier alpha value is -2.53. The second-order valence-corrected chi connectivity index (χ2v) is 5.49. The maximum absolute atomic E-state index is 12.5. The number of nitrogens with one attached hydrogen (secondary N) is 2. The molecule has 0 fully saturated rings. The van der Waals surface area contributed by atoms with E-state index in [9.17, 15) is 9.59 Å². The summed E-state index contributed by atoms with van der Waals surface area (Å²) in [6.07, 6.45) is 0. The highest BCUT2D eigenvalue weighted by molar-refractivity contribution is 6.31. The van der Waals surface area contributed by atoms with Gasteiger partial charge in [0.05, 0.1) is 5.69 Å². The van der Waals surface area contributed by atoms with Gasteiger partial charge in [0.1, 0.15) is 5.75 Å². The van der Waals surface area contributed by atoms with Gasteiger partial charge in [-0.3, -0.25) is 9.59 Å². The first kappa shape index (κ1) is 14.4. The SMILES string of the molecule is CC1(C(=O)Nc2ccccc2)Oc2ccc(Cl)cc2NC1=O. The van der Waals surface area contributed by atoms with Crippen LogP contribution in [0.5, 0.6) is 5.75 Å². The van der Waals surface area contributed by atoms with Crippen LogP contribution in [0.15, 0.2) is 48.5 Å². The minimum atomic E-state index is -1.66. The van der Waals surface area contributed by atoms with Gasteiger partial charge in [0.25, 0.3) is 17.4 Å². The van der Waals surface area contributed by atoms with E-state index in [4.69, 9.17) is 16.3 Å². The van der Waals surface area contributed by atoms with E-state index in [2.05, 4.69) is 10.6 Å². The molecule has 1 unspecified atom stereocenters. The van der Waals surface area contributed by atoms with Crippen molar-refractivity contribution in [2.75, 3.05) is 10.6 Å². The summed E-state index contributed by atoms with van der Waals surface area (Å²) in [7, 11) is 0. The van der Waals surface area contributed by atoms with Crippen LogP contribution in [-0.2, 0) is 9.59 Å². The van der Waals surface area contributed by atoms with Gasteiger partial charge >= 0.3 is 0 Å². The Balaban J connectivity index is 1.88. The van der Waals surface area contributed by atoms with Crippen molar-refractivity contribution in [3.05, 3.63) is 53.6 Å². The average molecular weight is 317 g/mol. The van der Waals surface area contributed by atoms with Crippen LogP contribution in [-0.4, -0.2) is 17.4 Å². The number of halogens is 1. The highest BCUT2D eigenvalue weighted by Gasteiger charge is 2.47. The Morgan fingerprint density at radius 3 is 2.68 bits per heavy atom. The highest BCUT2D eigenvalue weighted by Crippen LogP contribution is 2.35. The van der Waals surface area contributed by atoms with E-state index in [1.54, 1.807) is 42.5 Å². The zero-order valence-corrected chi connectivity index (χ0v) is 12.5. The lowest BCUT2D eigenvalue weighted by molar-refractivity contribution is -0.143. The molecule has 1 aliphatic rings. The zero-order chi connectivity index (χ0) is 15.7. The summed E-state index contributed by atoms with van der Waals surface area (Å²) >= 11 is 5.88. The molecule has 0 aliphatic carbocycles. The fourth-order valence-electron chi connectivity index (χ4n) is 2.12. The Kier molecular flexibility index (Phi) is 3.50. The van der Waals surface area contributed by atoms with E-state index in [1.165, 1.54) is 6.92 Å². The van der Waals surface area contributed by atoms with Crippen molar-refractivity contribution in [2.24, 2.45) is 0 Å². The van der Waals surface area contributed by atoms with Gasteiger partial charge in [-0.15, -0.1) is 0 Å². The number of carbonyl (C=O) groups excluding carboxylic acids is 2. The van der Waals surface area contributed by atoms with Gasteiger partial charge in [-0.1, -0.05) is 29.8 Å². The predicted octanol–water partition coefficient (Wildman–Crippen LogP) is 3.07. The largest absolute Gasteiger partial charge is 0.466 e. The molecular weight excluding hydrogens is 304 g/mol. The summed E-state index contributed by atoms with van der Waals surface area (Å²) in [4.78, 5) is 24.7. The molecule has 0 aromatic heterocycles. The fraction of sp³-hybridized carbons (Fsp3) is 0.125. The third kappa shape index (κ3) is 2.51. The van der Waals surface area contributed by atoms with Crippen molar-refractivity contribution in [2.45, 2.75) is 12.5 Å². The van der Waals surface area contributed by atoms with Gasteiger partial charge in [0.15, 0.2) is 0 Å². The molecule has 112 valence electrons. The molecule has 1 heterocycles.